The van der Waals surface area contributed by atoms with Crippen molar-refractivity contribution >= 4 is 5.97 Å². The number of dihydropyridines is 1. The normalized spacial score (nSPS) is 25.7. The van der Waals surface area contributed by atoms with Crippen molar-refractivity contribution in [1.82, 2.24) is 5.32 Å². The fourth-order valence-corrected chi connectivity index (χ4v) is 0.987. The Morgan fingerprint density at radius 1 is 1.43 bits per heavy atom. The molecule has 0 saturated heterocycles. The maximum Gasteiger partial charge on any atom is 0.351 e. The minimum absolute atomic E-state index is 0.481. The Labute approximate surface area is 83.8 Å². The molecule has 0 bridgehead atoms. The van der Waals surface area contributed by atoms with E-state index in [4.69, 9.17) is 10.5 Å². The summed E-state index contributed by atoms with van der Waals surface area (Å²) in [4.78, 5) is 11.6. The van der Waals surface area contributed by atoms with Gasteiger partial charge in [0.2, 0.25) is 5.66 Å². The van der Waals surface area contributed by atoms with Gasteiger partial charge in [0.05, 0.1) is 0 Å². The third-order valence-corrected chi connectivity index (χ3v) is 1.63. The van der Waals surface area contributed by atoms with Crippen LogP contribution < -0.4 is 11.1 Å². The molecule has 0 fully saturated rings. The molecule has 0 spiro atoms. The van der Waals surface area contributed by atoms with Crippen LogP contribution in [0.25, 0.3) is 0 Å². The Hall–Kier alpha value is -1.29. The molecule has 0 aromatic rings. The molecule has 14 heavy (non-hydrogen) atoms. The first-order chi connectivity index (χ1) is 6.33. The summed E-state index contributed by atoms with van der Waals surface area (Å²) in [5.74, 6) is -0.481. The molecule has 0 aromatic carbocycles. The Morgan fingerprint density at radius 2 is 2.07 bits per heavy atom. The predicted octanol–water partition coefficient (Wildman–Crippen LogP) is 0.656. The lowest BCUT2D eigenvalue weighted by Gasteiger charge is -2.30. The van der Waals surface area contributed by atoms with E-state index < -0.39 is 17.2 Å². The van der Waals surface area contributed by atoms with Crippen molar-refractivity contribution in [1.29, 1.82) is 0 Å². The Bertz CT molecular complexity index is 289. The Morgan fingerprint density at radius 3 is 2.50 bits per heavy atom. The first-order valence-corrected chi connectivity index (χ1v) is 4.48. The minimum atomic E-state index is -1.23. The van der Waals surface area contributed by atoms with Crippen molar-refractivity contribution in [3.8, 4) is 0 Å². The maximum absolute atomic E-state index is 11.6. The monoisotopic (exact) mass is 196 g/mol. The van der Waals surface area contributed by atoms with Crippen LogP contribution >= 0.6 is 0 Å². The SMILES string of the molecule is CC(C)(C)OC(=O)C1(N)C=CC=CN1. The van der Waals surface area contributed by atoms with Gasteiger partial charge in [-0.15, -0.1) is 0 Å². The smallest absolute Gasteiger partial charge is 0.351 e. The standard InChI is InChI=1S/C10H16N2O2/c1-9(2,3)14-8(13)10(11)6-4-5-7-12-10/h4-7,12H,11H2,1-3H3. The van der Waals surface area contributed by atoms with Crippen LogP contribution in [0.1, 0.15) is 20.8 Å². The van der Waals surface area contributed by atoms with Crippen LogP contribution in [-0.2, 0) is 9.53 Å². The molecule has 0 saturated carbocycles. The average molecular weight is 196 g/mol. The quantitative estimate of drug-likeness (QED) is 0.605. The van der Waals surface area contributed by atoms with Gasteiger partial charge < -0.3 is 10.1 Å². The average Bonchev–Trinajstić information content (AvgIpc) is 2.02. The van der Waals surface area contributed by atoms with E-state index in [0.717, 1.165) is 0 Å². The van der Waals surface area contributed by atoms with E-state index in [2.05, 4.69) is 5.32 Å². The molecule has 1 rings (SSSR count). The molecule has 1 unspecified atom stereocenters. The molecule has 1 aliphatic heterocycles. The largest absolute Gasteiger partial charge is 0.457 e. The molecular weight excluding hydrogens is 180 g/mol. The van der Waals surface area contributed by atoms with Crippen LogP contribution in [-0.4, -0.2) is 17.2 Å². The molecule has 0 radical (unpaired) electrons. The second-order valence-electron chi connectivity index (χ2n) is 4.23. The lowest BCUT2D eigenvalue weighted by Crippen LogP contribution is -2.58. The summed E-state index contributed by atoms with van der Waals surface area (Å²) in [7, 11) is 0. The summed E-state index contributed by atoms with van der Waals surface area (Å²) in [5.41, 5.74) is 4.02. The predicted molar refractivity (Wildman–Crippen MR) is 54.2 cm³/mol. The van der Waals surface area contributed by atoms with Gasteiger partial charge in [-0.05, 0) is 39.1 Å². The first-order valence-electron chi connectivity index (χ1n) is 4.48. The number of ether oxygens (including phenoxy) is 1. The molecule has 78 valence electrons. The van der Waals surface area contributed by atoms with Crippen molar-refractivity contribution in [3.05, 3.63) is 24.4 Å². The molecule has 1 atom stereocenters. The number of hydrogen-bond acceptors (Lipinski definition) is 4. The van der Waals surface area contributed by atoms with E-state index >= 15 is 0 Å². The van der Waals surface area contributed by atoms with Crippen LogP contribution in [0.3, 0.4) is 0 Å². The highest BCUT2D eigenvalue weighted by atomic mass is 16.6. The lowest BCUT2D eigenvalue weighted by atomic mass is 10.1. The number of carbonyl (C=O) groups is 1. The van der Waals surface area contributed by atoms with Crippen LogP contribution in [0.5, 0.6) is 0 Å². The molecule has 1 heterocycles. The van der Waals surface area contributed by atoms with Crippen molar-refractivity contribution in [3.63, 3.8) is 0 Å². The maximum atomic E-state index is 11.6. The lowest BCUT2D eigenvalue weighted by molar-refractivity contribution is -0.160. The van der Waals surface area contributed by atoms with Crippen LogP contribution in [0, 0.1) is 0 Å². The summed E-state index contributed by atoms with van der Waals surface area (Å²) >= 11 is 0. The van der Waals surface area contributed by atoms with Crippen LogP contribution in [0.4, 0.5) is 0 Å². The van der Waals surface area contributed by atoms with E-state index in [1.165, 1.54) is 0 Å². The molecule has 0 amide bonds. The number of esters is 1. The van der Waals surface area contributed by atoms with Gasteiger partial charge in [-0.25, -0.2) is 4.79 Å². The number of nitrogens with two attached hydrogens (primary N) is 1. The molecular formula is C10H16N2O2. The highest BCUT2D eigenvalue weighted by molar-refractivity contribution is 5.83. The highest BCUT2D eigenvalue weighted by Gasteiger charge is 2.35. The van der Waals surface area contributed by atoms with Gasteiger partial charge >= 0.3 is 5.97 Å². The van der Waals surface area contributed by atoms with E-state index in [1.807, 2.05) is 0 Å². The summed E-state index contributed by atoms with van der Waals surface area (Å²) in [6.45, 7) is 5.41. The fourth-order valence-electron chi connectivity index (χ4n) is 0.987. The zero-order chi connectivity index (χ0) is 10.8. The summed E-state index contributed by atoms with van der Waals surface area (Å²) in [5, 5.41) is 2.75. The summed E-state index contributed by atoms with van der Waals surface area (Å²) in [6.07, 6.45) is 6.65. The number of nitrogens with one attached hydrogen (secondary N) is 1. The van der Waals surface area contributed by atoms with Gasteiger partial charge in [0.25, 0.3) is 0 Å². The zero-order valence-electron chi connectivity index (χ0n) is 8.70. The van der Waals surface area contributed by atoms with Gasteiger partial charge in [0.15, 0.2) is 0 Å². The van der Waals surface area contributed by atoms with Gasteiger partial charge in [-0.2, -0.15) is 0 Å². The van der Waals surface area contributed by atoms with Crippen LogP contribution in [0.15, 0.2) is 24.4 Å². The number of rotatable bonds is 1. The van der Waals surface area contributed by atoms with E-state index in [-0.39, 0.29) is 0 Å². The summed E-state index contributed by atoms with van der Waals surface area (Å²) < 4.78 is 5.17. The molecule has 0 aliphatic carbocycles. The van der Waals surface area contributed by atoms with Crippen molar-refractivity contribution < 1.29 is 9.53 Å². The van der Waals surface area contributed by atoms with Gasteiger partial charge in [0.1, 0.15) is 5.60 Å². The van der Waals surface area contributed by atoms with Gasteiger partial charge in [-0.1, -0.05) is 6.08 Å². The number of carbonyl (C=O) groups excluding carboxylic acids is 1. The first kappa shape index (κ1) is 10.8. The second kappa shape index (κ2) is 3.46. The van der Waals surface area contributed by atoms with E-state index in [9.17, 15) is 4.79 Å². The van der Waals surface area contributed by atoms with Gasteiger partial charge in [-0.3, -0.25) is 5.73 Å². The highest BCUT2D eigenvalue weighted by Crippen LogP contribution is 2.13. The van der Waals surface area contributed by atoms with Crippen molar-refractivity contribution in [2.45, 2.75) is 32.0 Å². The minimum Gasteiger partial charge on any atom is -0.457 e. The topological polar surface area (TPSA) is 64.3 Å². The fraction of sp³-hybridized carbons (Fsp3) is 0.500. The van der Waals surface area contributed by atoms with Gasteiger partial charge in [0, 0.05) is 0 Å². The second-order valence-corrected chi connectivity index (χ2v) is 4.23. The molecule has 4 nitrogen and oxygen atoms in total. The van der Waals surface area contributed by atoms with Crippen LogP contribution in [0.2, 0.25) is 0 Å². The number of hydrogen-bond donors (Lipinski definition) is 2. The third kappa shape index (κ3) is 2.60. The van der Waals surface area contributed by atoms with E-state index in [0.29, 0.717) is 0 Å². The third-order valence-electron chi connectivity index (χ3n) is 1.63. The molecule has 4 heteroatoms. The molecule has 0 aromatic heterocycles. The van der Waals surface area contributed by atoms with Crippen molar-refractivity contribution in [2.75, 3.05) is 0 Å². The Kier molecular flexibility index (Phi) is 2.66. The molecule has 1 aliphatic rings. The summed E-state index contributed by atoms with van der Waals surface area (Å²) in [6, 6.07) is 0. The van der Waals surface area contributed by atoms with Crippen molar-refractivity contribution in [2.24, 2.45) is 5.73 Å². The number of allylic oxidation sites excluding steroid dienone is 2. The Balaban J connectivity index is 2.69. The molecule has 3 N–H and O–H groups in total. The zero-order valence-corrected chi connectivity index (χ0v) is 8.70. The van der Waals surface area contributed by atoms with E-state index in [1.54, 1.807) is 45.2 Å².